The van der Waals surface area contributed by atoms with E-state index in [2.05, 4.69) is 36.3 Å². The minimum Gasteiger partial charge on any atom is -0.497 e. The molecule has 0 unspecified atom stereocenters. The first-order valence-corrected chi connectivity index (χ1v) is 6.87. The van der Waals surface area contributed by atoms with E-state index >= 15 is 0 Å². The van der Waals surface area contributed by atoms with Crippen LogP contribution >= 0.6 is 0 Å². The van der Waals surface area contributed by atoms with Crippen molar-refractivity contribution in [1.82, 2.24) is 4.98 Å². The van der Waals surface area contributed by atoms with Crippen molar-refractivity contribution in [2.75, 3.05) is 12.4 Å². The maximum Gasteiger partial charge on any atom is 0.296 e. The number of aromatic nitrogens is 1. The number of oxazole rings is 1. The average Bonchev–Trinajstić information content (AvgIpc) is 2.88. The molecule has 1 aromatic heterocycles. The number of anilines is 1. The normalized spacial score (nSPS) is 11.6. The molecule has 108 valence electrons. The van der Waals surface area contributed by atoms with E-state index in [-0.39, 0.29) is 5.54 Å². The molecule has 21 heavy (non-hydrogen) atoms. The van der Waals surface area contributed by atoms with Gasteiger partial charge in [0.2, 0.25) is 0 Å². The highest BCUT2D eigenvalue weighted by Gasteiger charge is 2.22. The molecule has 0 radical (unpaired) electrons. The zero-order chi connectivity index (χ0) is 14.9. The zero-order valence-electron chi connectivity index (χ0n) is 12.4. The van der Waals surface area contributed by atoms with Gasteiger partial charge in [0.1, 0.15) is 11.3 Å². The van der Waals surface area contributed by atoms with Crippen LogP contribution < -0.4 is 10.1 Å². The Hall–Kier alpha value is -2.49. The fourth-order valence-corrected chi connectivity index (χ4v) is 2.28. The molecule has 0 aliphatic heterocycles. The van der Waals surface area contributed by atoms with Crippen molar-refractivity contribution in [1.29, 1.82) is 0 Å². The quantitative estimate of drug-likeness (QED) is 0.779. The van der Waals surface area contributed by atoms with Gasteiger partial charge in [-0.05, 0) is 31.5 Å². The van der Waals surface area contributed by atoms with Crippen LogP contribution in [0.5, 0.6) is 5.75 Å². The summed E-state index contributed by atoms with van der Waals surface area (Å²) in [6.07, 6.45) is 0. The van der Waals surface area contributed by atoms with E-state index in [0.29, 0.717) is 11.6 Å². The monoisotopic (exact) mass is 282 g/mol. The number of benzene rings is 2. The van der Waals surface area contributed by atoms with Gasteiger partial charge in [0.15, 0.2) is 5.58 Å². The number of nitrogens with one attached hydrogen (secondary N) is 1. The Labute approximate surface area is 123 Å². The topological polar surface area (TPSA) is 47.3 Å². The highest BCUT2D eigenvalue weighted by atomic mass is 16.5. The predicted molar refractivity (Wildman–Crippen MR) is 83.7 cm³/mol. The van der Waals surface area contributed by atoms with Crippen LogP contribution in [0.25, 0.3) is 11.1 Å². The van der Waals surface area contributed by atoms with Gasteiger partial charge < -0.3 is 14.5 Å². The minimum absolute atomic E-state index is 0.272. The number of hydrogen-bond acceptors (Lipinski definition) is 4. The molecular weight excluding hydrogens is 264 g/mol. The Morgan fingerprint density at radius 2 is 1.86 bits per heavy atom. The van der Waals surface area contributed by atoms with Gasteiger partial charge in [-0.15, -0.1) is 0 Å². The second-order valence-electron chi connectivity index (χ2n) is 5.47. The van der Waals surface area contributed by atoms with E-state index in [9.17, 15) is 0 Å². The van der Waals surface area contributed by atoms with Crippen LogP contribution in [0.4, 0.5) is 6.01 Å². The van der Waals surface area contributed by atoms with E-state index in [1.54, 1.807) is 7.11 Å². The second-order valence-corrected chi connectivity index (χ2v) is 5.47. The summed E-state index contributed by atoms with van der Waals surface area (Å²) in [4.78, 5) is 4.47. The molecule has 0 aliphatic rings. The largest absolute Gasteiger partial charge is 0.497 e. The van der Waals surface area contributed by atoms with E-state index < -0.39 is 0 Å². The number of nitrogens with zero attached hydrogens (tertiary/aromatic N) is 1. The Kier molecular flexibility index (Phi) is 3.29. The highest BCUT2D eigenvalue weighted by Crippen LogP contribution is 2.28. The molecule has 4 heteroatoms. The van der Waals surface area contributed by atoms with Crippen molar-refractivity contribution in [3.63, 3.8) is 0 Å². The van der Waals surface area contributed by atoms with Gasteiger partial charge in [-0.3, -0.25) is 0 Å². The van der Waals surface area contributed by atoms with Crippen molar-refractivity contribution in [2.45, 2.75) is 19.4 Å². The third-order valence-electron chi connectivity index (χ3n) is 3.51. The molecule has 2 aromatic carbocycles. The lowest BCUT2D eigenvalue weighted by Crippen LogP contribution is -2.27. The smallest absolute Gasteiger partial charge is 0.296 e. The van der Waals surface area contributed by atoms with Gasteiger partial charge in [-0.1, -0.05) is 30.3 Å². The minimum atomic E-state index is -0.272. The predicted octanol–water partition coefficient (Wildman–Crippen LogP) is 4.18. The maximum atomic E-state index is 5.77. The molecule has 1 N–H and O–H groups in total. The number of methoxy groups -OCH3 is 1. The van der Waals surface area contributed by atoms with Crippen LogP contribution in [0.15, 0.2) is 52.9 Å². The van der Waals surface area contributed by atoms with Crippen LogP contribution in [0.3, 0.4) is 0 Å². The molecule has 0 amide bonds. The number of hydrogen-bond donors (Lipinski definition) is 1. The molecule has 0 fully saturated rings. The second kappa shape index (κ2) is 5.13. The van der Waals surface area contributed by atoms with Gasteiger partial charge in [0.05, 0.1) is 12.6 Å². The Morgan fingerprint density at radius 1 is 1.10 bits per heavy atom. The molecule has 0 spiro atoms. The summed E-state index contributed by atoms with van der Waals surface area (Å²) in [7, 11) is 1.63. The molecule has 1 heterocycles. The lowest BCUT2D eigenvalue weighted by Gasteiger charge is -2.25. The Bertz CT molecular complexity index is 748. The molecular formula is C17H18N2O2. The summed E-state index contributed by atoms with van der Waals surface area (Å²) in [5.74, 6) is 0.757. The summed E-state index contributed by atoms with van der Waals surface area (Å²) in [6.45, 7) is 4.19. The zero-order valence-corrected chi connectivity index (χ0v) is 12.4. The third-order valence-corrected chi connectivity index (χ3v) is 3.51. The van der Waals surface area contributed by atoms with E-state index in [1.807, 2.05) is 36.4 Å². The maximum absolute atomic E-state index is 5.77. The summed E-state index contributed by atoms with van der Waals surface area (Å²) < 4.78 is 11.0. The Morgan fingerprint density at radius 3 is 2.57 bits per heavy atom. The van der Waals surface area contributed by atoms with Crippen molar-refractivity contribution in [2.24, 2.45) is 0 Å². The first-order chi connectivity index (χ1) is 10.1. The molecule has 0 saturated carbocycles. The molecule has 0 saturated heterocycles. The van der Waals surface area contributed by atoms with Gasteiger partial charge >= 0.3 is 0 Å². The fraction of sp³-hybridized carbons (Fsp3) is 0.235. The van der Waals surface area contributed by atoms with E-state index in [0.717, 1.165) is 11.3 Å². The fourth-order valence-electron chi connectivity index (χ4n) is 2.28. The first-order valence-electron chi connectivity index (χ1n) is 6.87. The van der Waals surface area contributed by atoms with Crippen LogP contribution in [0.2, 0.25) is 0 Å². The Balaban J connectivity index is 1.91. The van der Waals surface area contributed by atoms with E-state index in [4.69, 9.17) is 9.15 Å². The first kappa shape index (κ1) is 13.5. The summed E-state index contributed by atoms with van der Waals surface area (Å²) in [5, 5.41) is 3.34. The van der Waals surface area contributed by atoms with Crippen molar-refractivity contribution in [3.05, 3.63) is 54.1 Å². The summed E-state index contributed by atoms with van der Waals surface area (Å²) in [6, 6.07) is 16.3. The van der Waals surface area contributed by atoms with Gasteiger partial charge in [-0.2, -0.15) is 4.98 Å². The number of fused-ring (bicyclic) bond motifs is 1. The molecule has 4 nitrogen and oxygen atoms in total. The molecule has 3 rings (SSSR count). The number of ether oxygens (including phenoxy) is 1. The average molecular weight is 282 g/mol. The summed E-state index contributed by atoms with van der Waals surface area (Å²) in [5.41, 5.74) is 2.42. The summed E-state index contributed by atoms with van der Waals surface area (Å²) >= 11 is 0. The third kappa shape index (κ3) is 2.70. The van der Waals surface area contributed by atoms with Gasteiger partial charge in [0.25, 0.3) is 6.01 Å². The van der Waals surface area contributed by atoms with Crippen molar-refractivity contribution >= 4 is 17.1 Å². The van der Waals surface area contributed by atoms with Crippen molar-refractivity contribution in [3.8, 4) is 5.75 Å². The van der Waals surface area contributed by atoms with Crippen molar-refractivity contribution < 1.29 is 9.15 Å². The lowest BCUT2D eigenvalue weighted by molar-refractivity contribution is 0.414. The standard InChI is InChI=1S/C17H18N2O2/c1-17(2,12-7-5-4-6-8-12)19-16-18-14-10-9-13(20-3)11-15(14)21-16/h4-11H,1-3H3,(H,18,19). The number of rotatable bonds is 4. The van der Waals surface area contributed by atoms with Crippen LogP contribution in [-0.2, 0) is 5.54 Å². The lowest BCUT2D eigenvalue weighted by atomic mass is 9.95. The SMILES string of the molecule is COc1ccc2nc(NC(C)(C)c3ccccc3)oc2c1. The molecule has 0 bridgehead atoms. The van der Waals surface area contributed by atoms with Crippen LogP contribution in [0.1, 0.15) is 19.4 Å². The van der Waals surface area contributed by atoms with Crippen LogP contribution in [0, 0.1) is 0 Å². The molecule has 3 aromatic rings. The highest BCUT2D eigenvalue weighted by molar-refractivity contribution is 5.76. The molecule has 0 aliphatic carbocycles. The van der Waals surface area contributed by atoms with E-state index in [1.165, 1.54) is 5.56 Å². The molecule has 0 atom stereocenters. The van der Waals surface area contributed by atoms with Gasteiger partial charge in [0, 0.05) is 6.07 Å². The van der Waals surface area contributed by atoms with Crippen LogP contribution in [-0.4, -0.2) is 12.1 Å². The van der Waals surface area contributed by atoms with Gasteiger partial charge in [-0.25, -0.2) is 0 Å².